The highest BCUT2D eigenvalue weighted by atomic mass is 35.5. The Morgan fingerprint density at radius 2 is 1.92 bits per heavy atom. The van der Waals surface area contributed by atoms with Crippen molar-refractivity contribution < 1.29 is 17.9 Å². The van der Waals surface area contributed by atoms with E-state index < -0.39 is 16.0 Å². The van der Waals surface area contributed by atoms with Gasteiger partial charge in [-0.3, -0.25) is 0 Å². The molecule has 2 aromatic rings. The Hall–Kier alpha value is -2.15. The van der Waals surface area contributed by atoms with Gasteiger partial charge < -0.3 is 4.74 Å². The maximum Gasteiger partial charge on any atom is 0.338 e. The van der Waals surface area contributed by atoms with Gasteiger partial charge in [-0.25, -0.2) is 17.9 Å². The molecule has 0 radical (unpaired) electrons. The van der Waals surface area contributed by atoms with Crippen LogP contribution in [0.1, 0.15) is 15.9 Å². The van der Waals surface area contributed by atoms with Gasteiger partial charge in [0, 0.05) is 0 Å². The van der Waals surface area contributed by atoms with Crippen LogP contribution in [-0.2, 0) is 14.8 Å². The first-order valence-corrected chi connectivity index (χ1v) is 8.92. The molecule has 2 rings (SSSR count). The molecule has 0 saturated carbocycles. The van der Waals surface area contributed by atoms with Gasteiger partial charge in [-0.15, -0.1) is 0 Å². The molecule has 0 spiro atoms. The van der Waals surface area contributed by atoms with Gasteiger partial charge in [0.2, 0.25) is 10.0 Å². The number of carbonyl (C=O) groups is 1. The minimum atomic E-state index is -3.75. The number of sulfonamides is 1. The highest BCUT2D eigenvalue weighted by Crippen LogP contribution is 2.22. The highest BCUT2D eigenvalue weighted by Gasteiger charge is 2.18. The first-order chi connectivity index (χ1) is 11.4. The Morgan fingerprint density at radius 1 is 1.21 bits per heavy atom. The molecule has 2 aromatic carbocycles. The van der Waals surface area contributed by atoms with Crippen molar-refractivity contribution in [2.75, 3.05) is 13.7 Å². The predicted molar refractivity (Wildman–Crippen MR) is 93.5 cm³/mol. The average molecular weight is 366 g/mol. The van der Waals surface area contributed by atoms with Gasteiger partial charge >= 0.3 is 5.97 Å². The maximum atomic E-state index is 12.0. The highest BCUT2D eigenvalue weighted by molar-refractivity contribution is 7.89. The summed E-state index contributed by atoms with van der Waals surface area (Å²) in [6, 6.07) is 13.5. The number of hydrogen-bond donors (Lipinski definition) is 1. The zero-order valence-corrected chi connectivity index (χ0v) is 14.5. The normalized spacial score (nSPS) is 11.6. The van der Waals surface area contributed by atoms with Crippen molar-refractivity contribution in [1.29, 1.82) is 0 Å². The van der Waals surface area contributed by atoms with E-state index >= 15 is 0 Å². The smallest absolute Gasteiger partial charge is 0.338 e. The van der Waals surface area contributed by atoms with Crippen LogP contribution in [-0.4, -0.2) is 28.0 Å². The van der Waals surface area contributed by atoms with Crippen LogP contribution in [0.15, 0.2) is 59.5 Å². The van der Waals surface area contributed by atoms with Crippen LogP contribution < -0.4 is 4.72 Å². The van der Waals surface area contributed by atoms with Gasteiger partial charge in [-0.05, 0) is 36.9 Å². The van der Waals surface area contributed by atoms with E-state index in [1.54, 1.807) is 6.08 Å². The van der Waals surface area contributed by atoms with E-state index in [1.807, 2.05) is 36.4 Å². The van der Waals surface area contributed by atoms with E-state index in [4.69, 9.17) is 16.3 Å². The molecule has 7 heteroatoms. The maximum absolute atomic E-state index is 12.0. The van der Waals surface area contributed by atoms with Crippen molar-refractivity contribution in [2.45, 2.75) is 4.90 Å². The minimum Gasteiger partial charge on any atom is -0.458 e. The Labute approximate surface area is 146 Å². The van der Waals surface area contributed by atoms with Gasteiger partial charge in [0.25, 0.3) is 0 Å². The van der Waals surface area contributed by atoms with Crippen molar-refractivity contribution in [1.82, 2.24) is 4.72 Å². The van der Waals surface area contributed by atoms with Crippen molar-refractivity contribution in [3.63, 3.8) is 0 Å². The standard InChI is InChI=1S/C17H16ClNO4S/c1-19-24(21,22)16-12-14(9-10-15(16)18)17(20)23-11-5-8-13-6-3-2-4-7-13/h2-10,12,19H,11H2,1H3/b8-5+. The largest absolute Gasteiger partial charge is 0.458 e. The van der Waals surface area contributed by atoms with Crippen LogP contribution in [0.2, 0.25) is 5.02 Å². The molecule has 1 N–H and O–H groups in total. The Morgan fingerprint density at radius 3 is 2.58 bits per heavy atom. The summed E-state index contributed by atoms with van der Waals surface area (Å²) in [4.78, 5) is 11.9. The third kappa shape index (κ3) is 4.67. The second-order valence-corrected chi connectivity index (χ2v) is 7.03. The molecular formula is C17H16ClNO4S. The summed E-state index contributed by atoms with van der Waals surface area (Å²) in [5.74, 6) is -0.628. The quantitative estimate of drug-likeness (QED) is 0.798. The van der Waals surface area contributed by atoms with Gasteiger partial charge in [0.15, 0.2) is 0 Å². The van der Waals surface area contributed by atoms with Crippen LogP contribution in [0.4, 0.5) is 0 Å². The lowest BCUT2D eigenvalue weighted by atomic mass is 10.2. The topological polar surface area (TPSA) is 72.5 Å². The molecule has 0 aliphatic rings. The zero-order chi connectivity index (χ0) is 17.6. The third-order valence-electron chi connectivity index (χ3n) is 3.15. The molecule has 24 heavy (non-hydrogen) atoms. The van der Waals surface area contributed by atoms with E-state index in [0.717, 1.165) is 5.56 Å². The SMILES string of the molecule is CNS(=O)(=O)c1cc(C(=O)OC/C=C/c2ccccc2)ccc1Cl. The van der Waals surface area contributed by atoms with Crippen molar-refractivity contribution >= 4 is 33.7 Å². The summed E-state index contributed by atoms with van der Waals surface area (Å²) >= 11 is 5.88. The van der Waals surface area contributed by atoms with Gasteiger partial charge in [0.05, 0.1) is 10.6 Å². The van der Waals surface area contributed by atoms with Gasteiger partial charge in [-0.1, -0.05) is 48.0 Å². The monoisotopic (exact) mass is 365 g/mol. The Bertz CT molecular complexity index is 848. The molecule has 0 saturated heterocycles. The fourth-order valence-corrected chi connectivity index (χ4v) is 3.15. The number of esters is 1. The van der Waals surface area contributed by atoms with Crippen molar-refractivity contribution in [3.8, 4) is 0 Å². The summed E-state index contributed by atoms with van der Waals surface area (Å²) < 4.78 is 31.0. The van der Waals surface area contributed by atoms with E-state index in [-0.39, 0.29) is 22.1 Å². The lowest BCUT2D eigenvalue weighted by Gasteiger charge is -2.07. The summed E-state index contributed by atoms with van der Waals surface area (Å²) in [6.45, 7) is 0.0739. The number of nitrogens with one attached hydrogen (secondary N) is 1. The molecule has 0 bridgehead atoms. The molecule has 0 aliphatic carbocycles. The lowest BCUT2D eigenvalue weighted by Crippen LogP contribution is -2.19. The first-order valence-electron chi connectivity index (χ1n) is 7.06. The summed E-state index contributed by atoms with van der Waals surface area (Å²) in [6.07, 6.45) is 3.53. The molecule has 0 aromatic heterocycles. The van der Waals surface area contributed by atoms with Crippen LogP contribution in [0.3, 0.4) is 0 Å². The second-order valence-electron chi connectivity index (χ2n) is 4.76. The van der Waals surface area contributed by atoms with E-state index in [1.165, 1.54) is 25.2 Å². The number of carbonyl (C=O) groups excluding carboxylic acids is 1. The molecule has 0 heterocycles. The second kappa shape index (κ2) is 8.10. The number of benzene rings is 2. The molecular weight excluding hydrogens is 350 g/mol. The van der Waals surface area contributed by atoms with Crippen LogP contribution >= 0.6 is 11.6 Å². The minimum absolute atomic E-state index is 0.0323. The fraction of sp³-hybridized carbons (Fsp3) is 0.118. The Kier molecular flexibility index (Phi) is 6.14. The molecule has 0 atom stereocenters. The molecule has 0 aliphatic heterocycles. The van der Waals surface area contributed by atoms with Gasteiger partial charge in [-0.2, -0.15) is 0 Å². The van der Waals surface area contributed by atoms with Crippen LogP contribution in [0.25, 0.3) is 6.08 Å². The molecule has 126 valence electrons. The van der Waals surface area contributed by atoms with Crippen molar-refractivity contribution in [2.24, 2.45) is 0 Å². The molecule has 0 amide bonds. The zero-order valence-electron chi connectivity index (χ0n) is 12.9. The van der Waals surface area contributed by atoms with E-state index in [0.29, 0.717) is 0 Å². The van der Waals surface area contributed by atoms with Crippen molar-refractivity contribution in [3.05, 3.63) is 70.8 Å². The lowest BCUT2D eigenvalue weighted by molar-refractivity contribution is 0.0550. The third-order valence-corrected chi connectivity index (χ3v) is 5.04. The van der Waals surface area contributed by atoms with E-state index in [9.17, 15) is 13.2 Å². The van der Waals surface area contributed by atoms with E-state index in [2.05, 4.69) is 4.72 Å². The number of rotatable bonds is 6. The number of halogens is 1. The molecule has 0 fully saturated rings. The molecule has 5 nitrogen and oxygen atoms in total. The summed E-state index contributed by atoms with van der Waals surface area (Å²) in [5.41, 5.74) is 1.10. The number of hydrogen-bond acceptors (Lipinski definition) is 4. The van der Waals surface area contributed by atoms with Crippen LogP contribution in [0.5, 0.6) is 0 Å². The molecule has 0 unspecified atom stereocenters. The predicted octanol–water partition coefficient (Wildman–Crippen LogP) is 3.12. The average Bonchev–Trinajstić information content (AvgIpc) is 2.59. The Balaban J connectivity index is 2.05. The summed E-state index contributed by atoms with van der Waals surface area (Å²) in [7, 11) is -2.48. The number of ether oxygens (including phenoxy) is 1. The summed E-state index contributed by atoms with van der Waals surface area (Å²) in [5, 5.41) is 0.0323. The first kappa shape index (κ1) is 18.2. The van der Waals surface area contributed by atoms with Crippen LogP contribution in [0, 0.1) is 0 Å². The fourth-order valence-electron chi connectivity index (χ4n) is 1.90. The van der Waals surface area contributed by atoms with Gasteiger partial charge in [0.1, 0.15) is 11.5 Å².